The summed E-state index contributed by atoms with van der Waals surface area (Å²) in [6.07, 6.45) is 2.99. The van der Waals surface area contributed by atoms with Crippen molar-refractivity contribution in [2.75, 3.05) is 31.1 Å². The number of anilines is 1. The second-order valence-electron chi connectivity index (χ2n) is 6.31. The van der Waals surface area contributed by atoms with E-state index in [4.69, 9.17) is 0 Å². The van der Waals surface area contributed by atoms with Crippen LogP contribution in [0.2, 0.25) is 0 Å². The van der Waals surface area contributed by atoms with Gasteiger partial charge in [-0.1, -0.05) is 43.0 Å². The maximum Gasteiger partial charge on any atom is 0.246 e. The lowest BCUT2D eigenvalue weighted by Crippen LogP contribution is -2.48. The molecule has 0 bridgehead atoms. The largest absolute Gasteiger partial charge is 0.352 e. The number of carbonyl (C=O) groups is 1. The first-order valence-corrected chi connectivity index (χ1v) is 8.73. The van der Waals surface area contributed by atoms with Gasteiger partial charge in [-0.2, -0.15) is 0 Å². The van der Waals surface area contributed by atoms with Gasteiger partial charge in [-0.15, -0.1) is 0 Å². The third-order valence-corrected chi connectivity index (χ3v) is 4.79. The standard InChI is InChI=1S/C21H20N4O/c1-2-20(26)24-10-12-25(13-11-24)21-18-9-8-17(14-19(18)22-15-23-21)16-6-4-3-5-7-16/h2-9,14-15H,1,10-13H2. The summed E-state index contributed by atoms with van der Waals surface area (Å²) in [5.41, 5.74) is 3.25. The predicted octanol–water partition coefficient (Wildman–Crippen LogP) is 3.13. The molecule has 1 aliphatic rings. The van der Waals surface area contributed by atoms with Crippen LogP contribution in [0.15, 0.2) is 67.5 Å². The molecule has 0 atom stereocenters. The molecule has 26 heavy (non-hydrogen) atoms. The van der Waals surface area contributed by atoms with Gasteiger partial charge in [-0.25, -0.2) is 9.97 Å². The number of amides is 1. The van der Waals surface area contributed by atoms with Crippen molar-refractivity contribution in [3.8, 4) is 11.1 Å². The highest BCUT2D eigenvalue weighted by molar-refractivity contribution is 5.92. The Morgan fingerprint density at radius 1 is 0.962 bits per heavy atom. The highest BCUT2D eigenvalue weighted by Gasteiger charge is 2.21. The van der Waals surface area contributed by atoms with Gasteiger partial charge in [0.05, 0.1) is 5.52 Å². The van der Waals surface area contributed by atoms with Gasteiger partial charge in [0.2, 0.25) is 5.91 Å². The molecule has 0 unspecified atom stereocenters. The highest BCUT2D eigenvalue weighted by Crippen LogP contribution is 2.28. The molecule has 0 spiro atoms. The summed E-state index contributed by atoms with van der Waals surface area (Å²) in [5, 5.41) is 1.04. The molecule has 5 heteroatoms. The third-order valence-electron chi connectivity index (χ3n) is 4.79. The van der Waals surface area contributed by atoms with E-state index in [9.17, 15) is 4.79 Å². The molecule has 3 aromatic rings. The lowest BCUT2D eigenvalue weighted by molar-refractivity contribution is -0.126. The van der Waals surface area contributed by atoms with Crippen LogP contribution in [0.4, 0.5) is 5.82 Å². The van der Waals surface area contributed by atoms with Gasteiger partial charge >= 0.3 is 0 Å². The van der Waals surface area contributed by atoms with Crippen LogP contribution < -0.4 is 4.90 Å². The molecule has 2 heterocycles. The van der Waals surface area contributed by atoms with Gasteiger partial charge in [0.1, 0.15) is 12.1 Å². The number of aromatic nitrogens is 2. The number of piperazine rings is 1. The molecule has 2 aromatic carbocycles. The molecule has 0 radical (unpaired) electrons. The van der Waals surface area contributed by atoms with Crippen LogP contribution in [0.1, 0.15) is 0 Å². The van der Waals surface area contributed by atoms with E-state index in [1.165, 1.54) is 11.6 Å². The second kappa shape index (κ2) is 6.96. The number of hydrogen-bond donors (Lipinski definition) is 0. The molecule has 1 fully saturated rings. The molecule has 0 saturated carbocycles. The molecule has 0 N–H and O–H groups in total. The smallest absolute Gasteiger partial charge is 0.246 e. The normalized spacial score (nSPS) is 14.5. The first kappa shape index (κ1) is 16.3. The summed E-state index contributed by atoms with van der Waals surface area (Å²) in [6.45, 7) is 6.43. The Labute approximate surface area is 152 Å². The lowest BCUT2D eigenvalue weighted by atomic mass is 10.0. The fourth-order valence-electron chi connectivity index (χ4n) is 3.37. The predicted molar refractivity (Wildman–Crippen MR) is 104 cm³/mol. The summed E-state index contributed by atoms with van der Waals surface area (Å²) in [4.78, 5) is 24.8. The van der Waals surface area contributed by atoms with Crippen molar-refractivity contribution in [2.45, 2.75) is 0 Å². The van der Waals surface area contributed by atoms with E-state index in [1.807, 2.05) is 23.1 Å². The Bertz CT molecular complexity index is 947. The monoisotopic (exact) mass is 344 g/mol. The zero-order chi connectivity index (χ0) is 17.9. The van der Waals surface area contributed by atoms with E-state index in [0.717, 1.165) is 35.4 Å². The molecular weight excluding hydrogens is 324 g/mol. The fourth-order valence-corrected chi connectivity index (χ4v) is 3.37. The molecule has 1 aromatic heterocycles. The topological polar surface area (TPSA) is 49.3 Å². The van der Waals surface area contributed by atoms with Crippen LogP contribution in [0.25, 0.3) is 22.0 Å². The Balaban J connectivity index is 1.63. The number of carbonyl (C=O) groups excluding carboxylic acids is 1. The Kier molecular flexibility index (Phi) is 4.35. The number of nitrogens with zero attached hydrogens (tertiary/aromatic N) is 4. The van der Waals surface area contributed by atoms with Crippen LogP contribution in [-0.2, 0) is 4.79 Å². The number of fused-ring (bicyclic) bond motifs is 1. The molecule has 1 amide bonds. The summed E-state index contributed by atoms with van der Waals surface area (Å²) in [7, 11) is 0. The quantitative estimate of drug-likeness (QED) is 0.685. The Morgan fingerprint density at radius 3 is 2.46 bits per heavy atom. The average molecular weight is 344 g/mol. The molecule has 130 valence electrons. The van der Waals surface area contributed by atoms with Crippen molar-refractivity contribution in [3.05, 3.63) is 67.5 Å². The van der Waals surface area contributed by atoms with Crippen LogP contribution >= 0.6 is 0 Å². The maximum atomic E-state index is 11.8. The van der Waals surface area contributed by atoms with Crippen molar-refractivity contribution in [1.29, 1.82) is 0 Å². The van der Waals surface area contributed by atoms with Crippen molar-refractivity contribution in [3.63, 3.8) is 0 Å². The zero-order valence-electron chi connectivity index (χ0n) is 14.5. The van der Waals surface area contributed by atoms with E-state index in [0.29, 0.717) is 13.1 Å². The van der Waals surface area contributed by atoms with Gasteiger partial charge in [0.15, 0.2) is 0 Å². The summed E-state index contributed by atoms with van der Waals surface area (Å²) < 4.78 is 0. The van der Waals surface area contributed by atoms with Gasteiger partial charge in [0, 0.05) is 31.6 Å². The fraction of sp³-hybridized carbons (Fsp3) is 0.190. The second-order valence-corrected chi connectivity index (χ2v) is 6.31. The molecule has 5 nitrogen and oxygen atoms in total. The first-order valence-electron chi connectivity index (χ1n) is 8.73. The zero-order valence-corrected chi connectivity index (χ0v) is 14.5. The van der Waals surface area contributed by atoms with Crippen molar-refractivity contribution < 1.29 is 4.79 Å². The van der Waals surface area contributed by atoms with Crippen molar-refractivity contribution in [2.24, 2.45) is 0 Å². The molecule has 4 rings (SSSR count). The van der Waals surface area contributed by atoms with Crippen LogP contribution in [0.3, 0.4) is 0 Å². The van der Waals surface area contributed by atoms with Crippen molar-refractivity contribution in [1.82, 2.24) is 14.9 Å². The minimum atomic E-state index is -0.00954. The SMILES string of the molecule is C=CC(=O)N1CCN(c2ncnc3cc(-c4ccccc4)ccc23)CC1. The van der Waals surface area contributed by atoms with Crippen LogP contribution in [0.5, 0.6) is 0 Å². The third kappa shape index (κ3) is 3.04. The molecule has 0 aliphatic carbocycles. The van der Waals surface area contributed by atoms with Gasteiger partial charge in [-0.05, 0) is 29.3 Å². The van der Waals surface area contributed by atoms with Crippen LogP contribution in [-0.4, -0.2) is 47.0 Å². The van der Waals surface area contributed by atoms with E-state index in [2.05, 4.69) is 51.8 Å². The van der Waals surface area contributed by atoms with Gasteiger partial charge in [0.25, 0.3) is 0 Å². The Hall–Kier alpha value is -3.21. The number of rotatable bonds is 3. The minimum Gasteiger partial charge on any atom is -0.352 e. The minimum absolute atomic E-state index is 0.00954. The van der Waals surface area contributed by atoms with Gasteiger partial charge < -0.3 is 9.80 Å². The highest BCUT2D eigenvalue weighted by atomic mass is 16.2. The maximum absolute atomic E-state index is 11.8. The van der Waals surface area contributed by atoms with E-state index in [-0.39, 0.29) is 5.91 Å². The number of hydrogen-bond acceptors (Lipinski definition) is 4. The first-order chi connectivity index (χ1) is 12.8. The van der Waals surface area contributed by atoms with E-state index >= 15 is 0 Å². The summed E-state index contributed by atoms with van der Waals surface area (Å²) in [5.74, 6) is 0.921. The molecular formula is C21H20N4O. The average Bonchev–Trinajstić information content (AvgIpc) is 2.73. The van der Waals surface area contributed by atoms with Crippen molar-refractivity contribution >= 4 is 22.6 Å². The summed E-state index contributed by atoms with van der Waals surface area (Å²) in [6, 6.07) is 16.6. The number of benzene rings is 2. The lowest BCUT2D eigenvalue weighted by Gasteiger charge is -2.35. The summed E-state index contributed by atoms with van der Waals surface area (Å²) >= 11 is 0. The van der Waals surface area contributed by atoms with E-state index < -0.39 is 0 Å². The van der Waals surface area contributed by atoms with Crippen LogP contribution in [0, 0.1) is 0 Å². The Morgan fingerprint density at radius 2 is 1.73 bits per heavy atom. The molecule has 1 saturated heterocycles. The molecule has 1 aliphatic heterocycles. The van der Waals surface area contributed by atoms with E-state index in [1.54, 1.807) is 6.33 Å². The van der Waals surface area contributed by atoms with Gasteiger partial charge in [-0.3, -0.25) is 4.79 Å².